The van der Waals surface area contributed by atoms with Gasteiger partial charge in [0, 0.05) is 10.5 Å². The number of benzene rings is 1. The van der Waals surface area contributed by atoms with Crippen LogP contribution in [0.4, 0.5) is 0 Å². The van der Waals surface area contributed by atoms with Gasteiger partial charge in [0.05, 0.1) is 0 Å². The number of hydrogen-bond donors (Lipinski definition) is 1. The van der Waals surface area contributed by atoms with Gasteiger partial charge >= 0.3 is 0 Å². The number of fused-ring (bicyclic) bond motifs is 1. The molecule has 1 heterocycles. The van der Waals surface area contributed by atoms with E-state index in [1.54, 1.807) is 0 Å². The van der Waals surface area contributed by atoms with Gasteiger partial charge in [0.1, 0.15) is 13.2 Å². The highest BCUT2D eigenvalue weighted by Crippen LogP contribution is 2.48. The maximum atomic E-state index is 6.30. The second kappa shape index (κ2) is 4.18. The van der Waals surface area contributed by atoms with Gasteiger partial charge in [-0.2, -0.15) is 0 Å². The van der Waals surface area contributed by atoms with Crippen LogP contribution in [0, 0.1) is 11.8 Å². The summed E-state index contributed by atoms with van der Waals surface area (Å²) >= 11 is 3.58. The van der Waals surface area contributed by atoms with Gasteiger partial charge in [-0.3, -0.25) is 0 Å². The van der Waals surface area contributed by atoms with Crippen molar-refractivity contribution in [2.75, 3.05) is 13.2 Å². The summed E-state index contributed by atoms with van der Waals surface area (Å²) in [5.74, 6) is 2.97. The maximum absolute atomic E-state index is 6.30. The zero-order valence-electron chi connectivity index (χ0n) is 9.78. The third kappa shape index (κ3) is 2.04. The summed E-state index contributed by atoms with van der Waals surface area (Å²) in [5.41, 5.74) is 7.43. The van der Waals surface area contributed by atoms with E-state index in [4.69, 9.17) is 15.2 Å². The number of rotatable bonds is 2. The first-order chi connectivity index (χ1) is 8.16. The minimum absolute atomic E-state index is 0.0928. The van der Waals surface area contributed by atoms with Crippen molar-refractivity contribution in [2.24, 2.45) is 17.6 Å². The number of ether oxygens (including phenoxy) is 2. The van der Waals surface area contributed by atoms with E-state index in [-0.39, 0.29) is 6.04 Å². The number of hydrogen-bond acceptors (Lipinski definition) is 3. The monoisotopic (exact) mass is 297 g/mol. The van der Waals surface area contributed by atoms with Crippen molar-refractivity contribution in [2.45, 2.75) is 19.4 Å². The highest BCUT2D eigenvalue weighted by atomic mass is 79.9. The minimum Gasteiger partial charge on any atom is -0.486 e. The van der Waals surface area contributed by atoms with Crippen molar-refractivity contribution >= 4 is 15.9 Å². The molecule has 2 N–H and O–H groups in total. The van der Waals surface area contributed by atoms with Crippen LogP contribution in [0.25, 0.3) is 0 Å². The Morgan fingerprint density at radius 1 is 1.29 bits per heavy atom. The van der Waals surface area contributed by atoms with E-state index in [0.717, 1.165) is 27.5 Å². The van der Waals surface area contributed by atoms with Gasteiger partial charge in [0.25, 0.3) is 0 Å². The Balaban J connectivity index is 1.93. The number of nitrogens with two attached hydrogens (primary N) is 1. The predicted octanol–water partition coefficient (Wildman–Crippen LogP) is 2.88. The Bertz CT molecular complexity index is 449. The summed E-state index contributed by atoms with van der Waals surface area (Å²) in [6.45, 7) is 3.48. The van der Waals surface area contributed by atoms with Crippen LogP contribution in [-0.4, -0.2) is 13.2 Å². The van der Waals surface area contributed by atoms with Crippen LogP contribution >= 0.6 is 15.9 Å². The van der Waals surface area contributed by atoms with Gasteiger partial charge in [-0.1, -0.05) is 22.9 Å². The third-order valence-electron chi connectivity index (χ3n) is 3.65. The molecule has 17 heavy (non-hydrogen) atoms. The molecule has 4 heteroatoms. The molecule has 1 aliphatic heterocycles. The van der Waals surface area contributed by atoms with E-state index in [9.17, 15) is 0 Å². The van der Waals surface area contributed by atoms with Crippen LogP contribution in [0.15, 0.2) is 16.6 Å². The van der Waals surface area contributed by atoms with Crippen LogP contribution < -0.4 is 15.2 Å². The summed E-state index contributed by atoms with van der Waals surface area (Å²) in [4.78, 5) is 0. The largest absolute Gasteiger partial charge is 0.486 e. The molecular weight excluding hydrogens is 282 g/mol. The highest BCUT2D eigenvalue weighted by Gasteiger charge is 2.39. The van der Waals surface area contributed by atoms with Crippen LogP contribution in [0.3, 0.4) is 0 Å². The predicted molar refractivity (Wildman–Crippen MR) is 69.3 cm³/mol. The average molecular weight is 298 g/mol. The fourth-order valence-electron chi connectivity index (χ4n) is 2.42. The first-order valence-electron chi connectivity index (χ1n) is 6.01. The molecule has 1 saturated carbocycles. The molecule has 3 atom stereocenters. The summed E-state index contributed by atoms with van der Waals surface area (Å²) in [6.07, 6.45) is 1.22. The molecule has 3 unspecified atom stereocenters. The molecule has 1 aromatic rings. The molecule has 1 fully saturated rings. The Morgan fingerprint density at radius 3 is 2.47 bits per heavy atom. The Labute approximate surface area is 109 Å². The van der Waals surface area contributed by atoms with Crippen LogP contribution in [0.2, 0.25) is 0 Å². The lowest BCUT2D eigenvalue weighted by Gasteiger charge is -2.22. The maximum Gasteiger partial charge on any atom is 0.162 e. The number of halogens is 1. The average Bonchev–Trinajstić information content (AvgIpc) is 3.05. The van der Waals surface area contributed by atoms with Crippen molar-refractivity contribution in [3.05, 3.63) is 22.2 Å². The molecule has 0 amide bonds. The van der Waals surface area contributed by atoms with Crippen molar-refractivity contribution < 1.29 is 9.47 Å². The van der Waals surface area contributed by atoms with Crippen molar-refractivity contribution in [1.82, 2.24) is 0 Å². The third-order valence-corrected chi connectivity index (χ3v) is 4.34. The van der Waals surface area contributed by atoms with Gasteiger partial charge in [0.15, 0.2) is 11.5 Å². The normalized spacial score (nSPS) is 27.7. The summed E-state index contributed by atoms with van der Waals surface area (Å²) in [7, 11) is 0. The molecule has 0 bridgehead atoms. The minimum atomic E-state index is 0.0928. The summed E-state index contributed by atoms with van der Waals surface area (Å²) < 4.78 is 12.2. The highest BCUT2D eigenvalue weighted by molar-refractivity contribution is 9.10. The molecule has 3 nitrogen and oxygen atoms in total. The van der Waals surface area contributed by atoms with Gasteiger partial charge in [-0.15, -0.1) is 0 Å². The first-order valence-corrected chi connectivity index (χ1v) is 6.80. The second-order valence-electron chi connectivity index (χ2n) is 4.92. The van der Waals surface area contributed by atoms with Crippen LogP contribution in [0.5, 0.6) is 11.5 Å². The van der Waals surface area contributed by atoms with Gasteiger partial charge in [0.2, 0.25) is 0 Å². The molecule has 0 spiro atoms. The van der Waals surface area contributed by atoms with Gasteiger partial charge in [-0.05, 0) is 36.0 Å². The molecule has 0 aromatic heterocycles. The summed E-state index contributed by atoms with van der Waals surface area (Å²) in [6, 6.07) is 4.08. The molecule has 2 aliphatic rings. The smallest absolute Gasteiger partial charge is 0.162 e. The van der Waals surface area contributed by atoms with E-state index in [1.807, 2.05) is 12.1 Å². The van der Waals surface area contributed by atoms with E-state index in [2.05, 4.69) is 22.9 Å². The molecule has 1 aromatic carbocycles. The molecular formula is C13H16BrNO2. The quantitative estimate of drug-likeness (QED) is 0.913. The van der Waals surface area contributed by atoms with E-state index in [1.165, 1.54) is 6.42 Å². The Kier molecular flexibility index (Phi) is 2.79. The Morgan fingerprint density at radius 2 is 1.88 bits per heavy atom. The molecule has 0 radical (unpaired) electrons. The molecule has 3 rings (SSSR count). The SMILES string of the molecule is CC1CC1C(N)c1cc2c(cc1Br)OCCO2. The zero-order chi connectivity index (χ0) is 12.0. The lowest BCUT2D eigenvalue weighted by atomic mass is 10.0. The Hall–Kier alpha value is -0.740. The van der Waals surface area contributed by atoms with Crippen molar-refractivity contribution in [3.63, 3.8) is 0 Å². The fourth-order valence-corrected chi connectivity index (χ4v) is 3.00. The fraction of sp³-hybridized carbons (Fsp3) is 0.538. The van der Waals surface area contributed by atoms with Crippen LogP contribution in [0.1, 0.15) is 24.9 Å². The second-order valence-corrected chi connectivity index (χ2v) is 5.77. The molecule has 0 saturated heterocycles. The van der Waals surface area contributed by atoms with E-state index >= 15 is 0 Å². The zero-order valence-corrected chi connectivity index (χ0v) is 11.4. The van der Waals surface area contributed by atoms with Crippen molar-refractivity contribution in [1.29, 1.82) is 0 Å². The summed E-state index contributed by atoms with van der Waals surface area (Å²) in [5, 5.41) is 0. The standard InChI is InChI=1S/C13H16BrNO2/c1-7-4-8(7)13(15)9-5-11-12(6-10(9)14)17-3-2-16-11/h5-8,13H,2-4,15H2,1H3. The van der Waals surface area contributed by atoms with Gasteiger partial charge in [-0.25, -0.2) is 0 Å². The molecule has 92 valence electrons. The van der Waals surface area contributed by atoms with E-state index < -0.39 is 0 Å². The lowest BCUT2D eigenvalue weighted by Crippen LogP contribution is -2.18. The van der Waals surface area contributed by atoms with Gasteiger partial charge < -0.3 is 15.2 Å². The topological polar surface area (TPSA) is 44.5 Å². The lowest BCUT2D eigenvalue weighted by molar-refractivity contribution is 0.171. The van der Waals surface area contributed by atoms with Crippen LogP contribution in [-0.2, 0) is 0 Å². The van der Waals surface area contributed by atoms with Crippen molar-refractivity contribution in [3.8, 4) is 11.5 Å². The first kappa shape index (κ1) is 11.4. The van der Waals surface area contributed by atoms with E-state index in [0.29, 0.717) is 19.1 Å². The molecule has 1 aliphatic carbocycles.